The average molecular weight is 564 g/mol. The van der Waals surface area contributed by atoms with Crippen LogP contribution in [0.3, 0.4) is 0 Å². The minimum Gasteiger partial charge on any atom is -0.338 e. The summed E-state index contributed by atoms with van der Waals surface area (Å²) in [5.74, 6) is 1.17. The molecule has 0 spiro atoms. The Bertz CT molecular complexity index is 801. The number of fused-ring (bicyclic) bond motifs is 1. The number of nitrogens with zero attached hydrogens (tertiary/aromatic N) is 2. The standard InChI is InChI=1S/C30H57N7OS/c1-20(2)28-34-33-26-16-15-23(19-36(26)28)39-24-14-10-9-11-21(24)18-31-29(38)32-27-17-25(30(3,4)5)35-37(27)22-12-7-6-8-13-22/h20-28,33-35H,6-19H2,1-5H3,(H2,31,32,38). The van der Waals surface area contributed by atoms with Crippen LogP contribution < -0.4 is 26.9 Å². The average Bonchev–Trinajstić information content (AvgIpc) is 3.53. The van der Waals surface area contributed by atoms with Crippen molar-refractivity contribution >= 4 is 17.8 Å². The summed E-state index contributed by atoms with van der Waals surface area (Å²) in [6.07, 6.45) is 16.0. The number of thioether (sulfide) groups is 1. The number of amides is 2. The maximum Gasteiger partial charge on any atom is 0.316 e. The normalized spacial score (nSPS) is 37.2. The lowest BCUT2D eigenvalue weighted by Gasteiger charge is -2.40. The molecule has 5 rings (SSSR count). The zero-order valence-electron chi connectivity index (χ0n) is 25.3. The van der Waals surface area contributed by atoms with E-state index in [-0.39, 0.29) is 17.6 Å². The number of carbonyl (C=O) groups is 1. The second-order valence-electron chi connectivity index (χ2n) is 14.5. The smallest absolute Gasteiger partial charge is 0.316 e. The molecule has 9 heteroatoms. The third-order valence-corrected chi connectivity index (χ3v) is 11.8. The molecule has 0 aromatic heterocycles. The van der Waals surface area contributed by atoms with Crippen molar-refractivity contribution in [2.24, 2.45) is 17.3 Å². The van der Waals surface area contributed by atoms with Gasteiger partial charge in [0.15, 0.2) is 0 Å². The predicted molar refractivity (Wildman–Crippen MR) is 162 cm³/mol. The number of carbonyl (C=O) groups excluding carboxylic acids is 1. The quantitative estimate of drug-likeness (QED) is 0.306. The van der Waals surface area contributed by atoms with Crippen molar-refractivity contribution in [1.29, 1.82) is 0 Å². The number of hydrogen-bond donors (Lipinski definition) is 5. The van der Waals surface area contributed by atoms with Crippen molar-refractivity contribution in [1.82, 2.24) is 36.8 Å². The van der Waals surface area contributed by atoms with Gasteiger partial charge < -0.3 is 10.6 Å². The van der Waals surface area contributed by atoms with Crippen LogP contribution in [0, 0.1) is 17.3 Å². The van der Waals surface area contributed by atoms with E-state index in [0.29, 0.717) is 46.8 Å². The van der Waals surface area contributed by atoms with Gasteiger partial charge in [0.25, 0.3) is 0 Å². The fraction of sp³-hybridized carbons (Fsp3) is 0.967. The van der Waals surface area contributed by atoms with Gasteiger partial charge in [-0.05, 0) is 62.2 Å². The number of piperidine rings is 1. The van der Waals surface area contributed by atoms with E-state index in [0.717, 1.165) is 19.5 Å². The van der Waals surface area contributed by atoms with Gasteiger partial charge in [-0.1, -0.05) is 66.7 Å². The Kier molecular flexibility index (Phi) is 10.1. The molecule has 0 bridgehead atoms. The van der Waals surface area contributed by atoms with E-state index in [9.17, 15) is 4.79 Å². The molecule has 0 aromatic carbocycles. The maximum absolute atomic E-state index is 13.2. The molecule has 39 heavy (non-hydrogen) atoms. The molecule has 8 nitrogen and oxygen atoms in total. The first-order valence-electron chi connectivity index (χ1n) is 16.2. The summed E-state index contributed by atoms with van der Waals surface area (Å²) >= 11 is 2.23. The molecule has 7 unspecified atom stereocenters. The molecule has 224 valence electrons. The summed E-state index contributed by atoms with van der Waals surface area (Å²) in [5.41, 5.74) is 11.0. The fourth-order valence-electron chi connectivity index (χ4n) is 7.66. The summed E-state index contributed by atoms with van der Waals surface area (Å²) in [7, 11) is 0. The van der Waals surface area contributed by atoms with Gasteiger partial charge in [0.2, 0.25) is 0 Å². The summed E-state index contributed by atoms with van der Waals surface area (Å²) in [4.78, 5) is 15.9. The number of hydrazine groups is 2. The van der Waals surface area contributed by atoms with Crippen LogP contribution in [0.4, 0.5) is 4.79 Å². The SMILES string of the molecule is CC(C)C1NNC2CCC(SC3CCCCC3CNC(=O)NC3CC(C(C)(C)C)NN3C3CCCCC3)CN21. The van der Waals surface area contributed by atoms with Crippen LogP contribution in [0.5, 0.6) is 0 Å². The highest BCUT2D eigenvalue weighted by molar-refractivity contribution is 8.00. The van der Waals surface area contributed by atoms with Crippen molar-refractivity contribution in [3.8, 4) is 0 Å². The minimum atomic E-state index is 0.0148. The van der Waals surface area contributed by atoms with E-state index in [2.05, 4.69) is 83.2 Å². The highest BCUT2D eigenvalue weighted by atomic mass is 32.2. The molecule has 5 aliphatic rings. The van der Waals surface area contributed by atoms with Gasteiger partial charge in [0.05, 0.1) is 18.5 Å². The molecule has 5 fully saturated rings. The second-order valence-corrected chi connectivity index (χ2v) is 16.0. The third-order valence-electron chi connectivity index (χ3n) is 10.1. The highest BCUT2D eigenvalue weighted by Crippen LogP contribution is 2.39. The first-order chi connectivity index (χ1) is 18.7. The Morgan fingerprint density at radius 1 is 0.974 bits per heavy atom. The molecular formula is C30H57N7OS. The highest BCUT2D eigenvalue weighted by Gasteiger charge is 2.43. The van der Waals surface area contributed by atoms with E-state index in [1.165, 1.54) is 70.6 Å². The molecule has 3 aliphatic heterocycles. The van der Waals surface area contributed by atoms with Crippen LogP contribution in [0.1, 0.15) is 112 Å². The van der Waals surface area contributed by atoms with Crippen LogP contribution in [0.2, 0.25) is 0 Å². The zero-order chi connectivity index (χ0) is 27.6. The van der Waals surface area contributed by atoms with E-state index in [1.54, 1.807) is 0 Å². The summed E-state index contributed by atoms with van der Waals surface area (Å²) in [5, 5.41) is 10.5. The van der Waals surface area contributed by atoms with Crippen LogP contribution in [0.25, 0.3) is 0 Å². The van der Waals surface area contributed by atoms with Crippen molar-refractivity contribution in [2.75, 3.05) is 13.1 Å². The van der Waals surface area contributed by atoms with Crippen molar-refractivity contribution in [3.05, 3.63) is 0 Å². The first kappa shape index (κ1) is 29.9. The Hall–Kier alpha value is -0.580. The maximum atomic E-state index is 13.2. The molecule has 3 heterocycles. The minimum absolute atomic E-state index is 0.0148. The summed E-state index contributed by atoms with van der Waals surface area (Å²) < 4.78 is 0. The Balaban J connectivity index is 1.13. The lowest BCUT2D eigenvalue weighted by molar-refractivity contribution is 0.0667. The van der Waals surface area contributed by atoms with E-state index in [4.69, 9.17) is 0 Å². The van der Waals surface area contributed by atoms with Crippen LogP contribution in [0.15, 0.2) is 0 Å². The molecule has 7 atom stereocenters. The molecule has 2 saturated carbocycles. The Labute approximate surface area is 242 Å². The summed E-state index contributed by atoms with van der Waals surface area (Å²) in [6, 6.07) is 0.929. The van der Waals surface area contributed by atoms with E-state index in [1.807, 2.05) is 0 Å². The molecule has 5 N–H and O–H groups in total. The molecule has 0 aromatic rings. The topological polar surface area (TPSA) is 83.7 Å². The monoisotopic (exact) mass is 563 g/mol. The fourth-order valence-corrected chi connectivity index (χ4v) is 9.45. The lowest BCUT2D eigenvalue weighted by atomic mass is 9.85. The molecule has 0 radical (unpaired) electrons. The van der Waals surface area contributed by atoms with Crippen LogP contribution in [-0.4, -0.2) is 70.1 Å². The molecule has 2 amide bonds. The molecular weight excluding hydrogens is 506 g/mol. The van der Waals surface area contributed by atoms with Gasteiger partial charge in [-0.15, -0.1) is 0 Å². The van der Waals surface area contributed by atoms with Gasteiger partial charge in [-0.2, -0.15) is 11.8 Å². The van der Waals surface area contributed by atoms with Gasteiger partial charge >= 0.3 is 6.03 Å². The largest absolute Gasteiger partial charge is 0.338 e. The number of rotatable bonds is 7. The zero-order valence-corrected chi connectivity index (χ0v) is 26.1. The van der Waals surface area contributed by atoms with Crippen LogP contribution >= 0.6 is 11.8 Å². The molecule has 3 saturated heterocycles. The Morgan fingerprint density at radius 2 is 1.72 bits per heavy atom. The summed E-state index contributed by atoms with van der Waals surface area (Å²) in [6.45, 7) is 13.5. The van der Waals surface area contributed by atoms with Crippen molar-refractivity contribution in [2.45, 2.75) is 153 Å². The Morgan fingerprint density at radius 3 is 2.46 bits per heavy atom. The number of nitrogens with one attached hydrogen (secondary N) is 5. The van der Waals surface area contributed by atoms with Gasteiger partial charge in [0.1, 0.15) is 0 Å². The van der Waals surface area contributed by atoms with Gasteiger partial charge in [-0.3, -0.25) is 4.90 Å². The third kappa shape index (κ3) is 7.44. The van der Waals surface area contributed by atoms with Gasteiger partial charge in [0, 0.05) is 35.7 Å². The first-order valence-corrected chi connectivity index (χ1v) is 17.1. The van der Waals surface area contributed by atoms with Crippen molar-refractivity contribution in [3.63, 3.8) is 0 Å². The molecule has 2 aliphatic carbocycles. The van der Waals surface area contributed by atoms with E-state index < -0.39 is 0 Å². The van der Waals surface area contributed by atoms with Crippen LogP contribution in [-0.2, 0) is 0 Å². The number of urea groups is 1. The number of hydrogen-bond acceptors (Lipinski definition) is 7. The second kappa shape index (κ2) is 13.2. The van der Waals surface area contributed by atoms with Crippen molar-refractivity contribution < 1.29 is 4.79 Å². The lowest BCUT2D eigenvalue weighted by Crippen LogP contribution is -2.56. The van der Waals surface area contributed by atoms with Gasteiger partial charge in [-0.25, -0.2) is 26.1 Å². The predicted octanol–water partition coefficient (Wildman–Crippen LogP) is 4.74. The van der Waals surface area contributed by atoms with E-state index >= 15 is 0 Å².